The number of aliphatic hydroxyl groups is 2. The second-order valence-corrected chi connectivity index (χ2v) is 1.41. The van der Waals surface area contributed by atoms with E-state index < -0.39 is 12.3 Å². The maximum atomic E-state index is 9.68. The van der Waals surface area contributed by atoms with Crippen LogP contribution in [-0.2, 0) is 4.79 Å². The summed E-state index contributed by atoms with van der Waals surface area (Å²) in [5.41, 5.74) is 0. The molecule has 0 bridgehead atoms. The molecule has 0 heterocycles. The zero-order valence-corrected chi connectivity index (χ0v) is 10.4. The Morgan fingerprint density at radius 2 is 1.89 bits per heavy atom. The van der Waals surface area contributed by atoms with Crippen molar-refractivity contribution < 1.29 is 20.1 Å². The number of rotatable bonds is 3. The molecule has 0 aromatic heterocycles. The summed E-state index contributed by atoms with van der Waals surface area (Å²) in [6.07, 6.45) is -1.79. The molecule has 0 aliphatic carbocycles. The third-order valence-electron chi connectivity index (χ3n) is 0.616. The molecule has 0 aliphatic rings. The van der Waals surface area contributed by atoms with Gasteiger partial charge in [-0.05, 0) is 0 Å². The molecule has 4 nitrogen and oxygen atoms in total. The van der Waals surface area contributed by atoms with Crippen molar-refractivity contribution in [1.29, 1.82) is 0 Å². The van der Waals surface area contributed by atoms with E-state index in [0.717, 1.165) is 0 Å². The molecule has 0 atom stereocenters. The van der Waals surface area contributed by atoms with Crippen LogP contribution in [-0.4, -0.2) is 53.8 Å². The van der Waals surface area contributed by atoms with Crippen LogP contribution >= 0.6 is 0 Å². The van der Waals surface area contributed by atoms with Crippen molar-refractivity contribution in [1.82, 2.24) is 0 Å². The quantitative estimate of drug-likeness (QED) is 0.412. The number of hydrogen-bond donors (Lipinski definition) is 3. The van der Waals surface area contributed by atoms with Crippen LogP contribution in [0, 0.1) is 0 Å². The molecular formula is C4H11BiO4. The molecule has 5 heteroatoms. The first-order valence-electron chi connectivity index (χ1n) is 2.21. The Bertz CT molecular complexity index is 82.6. The van der Waals surface area contributed by atoms with Crippen LogP contribution in [0.3, 0.4) is 0 Å². The topological polar surface area (TPSA) is 77.8 Å². The summed E-state index contributed by atoms with van der Waals surface area (Å²) in [4.78, 5) is 9.68. The molecule has 0 aliphatic heterocycles. The fraction of sp³-hybridized carbons (Fsp3) is 0.750. The van der Waals surface area contributed by atoms with Gasteiger partial charge in [-0.15, -0.1) is 0 Å². The predicted molar refractivity (Wildman–Crippen MR) is 35.0 cm³/mol. The molecule has 3 N–H and O–H groups in total. The van der Waals surface area contributed by atoms with E-state index in [9.17, 15) is 4.79 Å². The Balaban J connectivity index is 0. The van der Waals surface area contributed by atoms with Crippen LogP contribution in [0.2, 0.25) is 0 Å². The van der Waals surface area contributed by atoms with Gasteiger partial charge in [0.25, 0.3) is 0 Å². The molecule has 0 aromatic rings. The van der Waals surface area contributed by atoms with Crippen LogP contribution in [0.1, 0.15) is 12.8 Å². The van der Waals surface area contributed by atoms with Gasteiger partial charge in [-0.1, -0.05) is 0 Å². The van der Waals surface area contributed by atoms with E-state index in [1.807, 2.05) is 0 Å². The summed E-state index contributed by atoms with van der Waals surface area (Å²) in [6, 6.07) is 0. The fourth-order valence-electron chi connectivity index (χ4n) is 0.253. The van der Waals surface area contributed by atoms with Crippen LogP contribution in [0.4, 0.5) is 0 Å². The first-order chi connectivity index (χ1) is 3.63. The molecule has 0 aromatic carbocycles. The Morgan fingerprint density at radius 3 is 2.00 bits per heavy atom. The first-order valence-corrected chi connectivity index (χ1v) is 2.21. The van der Waals surface area contributed by atoms with Gasteiger partial charge in [0.2, 0.25) is 0 Å². The Hall–Kier alpha value is 0.273. The number of aliphatic carboxylic acids is 1. The van der Waals surface area contributed by atoms with Gasteiger partial charge in [-0.2, -0.15) is 0 Å². The van der Waals surface area contributed by atoms with Crippen LogP contribution in [0.5, 0.6) is 0 Å². The van der Waals surface area contributed by atoms with Gasteiger partial charge in [0, 0.05) is 6.42 Å². The van der Waals surface area contributed by atoms with E-state index in [4.69, 9.17) is 15.3 Å². The fourth-order valence-corrected chi connectivity index (χ4v) is 0.253. The van der Waals surface area contributed by atoms with Crippen molar-refractivity contribution >= 4 is 32.2 Å². The van der Waals surface area contributed by atoms with Gasteiger partial charge in [0.05, 0.1) is 6.42 Å². The second kappa shape index (κ2) is 6.39. The summed E-state index contributed by atoms with van der Waals surface area (Å²) in [5, 5.41) is 24.1. The Labute approximate surface area is 71.6 Å². The molecule has 0 amide bonds. The monoisotopic (exact) mass is 332 g/mol. The summed E-state index contributed by atoms with van der Waals surface area (Å²) >= 11 is 0. The predicted octanol–water partition coefficient (Wildman–Crippen LogP) is -2.02. The summed E-state index contributed by atoms with van der Waals surface area (Å²) < 4.78 is 0. The van der Waals surface area contributed by atoms with E-state index in [0.29, 0.717) is 0 Å². The maximum absolute atomic E-state index is 9.68. The van der Waals surface area contributed by atoms with Gasteiger partial charge < -0.3 is 15.3 Å². The molecule has 0 radical (unpaired) electrons. The van der Waals surface area contributed by atoms with Crippen molar-refractivity contribution in [2.45, 2.75) is 19.1 Å². The molecule has 9 heavy (non-hydrogen) atoms. The molecule has 0 fully saturated rings. The molecule has 0 saturated heterocycles. The molecule has 0 spiro atoms. The Kier molecular flexibility index (Phi) is 8.52. The average Bonchev–Trinajstić information content (AvgIpc) is 1.61. The number of carboxylic acid groups (broad SMARTS) is 1. The van der Waals surface area contributed by atoms with Gasteiger partial charge in [0.1, 0.15) is 0 Å². The van der Waals surface area contributed by atoms with Gasteiger partial charge in [-0.25, -0.2) is 0 Å². The summed E-state index contributed by atoms with van der Waals surface area (Å²) in [7, 11) is 0. The van der Waals surface area contributed by atoms with Gasteiger partial charge >= 0.3 is 32.2 Å². The molecule has 0 rings (SSSR count). The van der Waals surface area contributed by atoms with Gasteiger partial charge in [-0.3, -0.25) is 4.79 Å². The SMILES string of the molecule is O=C(O)CCC(O)O.[BiH3]. The molecule has 0 saturated carbocycles. The normalized spacial score (nSPS) is 8.78. The van der Waals surface area contributed by atoms with Crippen LogP contribution in [0.15, 0.2) is 0 Å². The van der Waals surface area contributed by atoms with Crippen molar-refractivity contribution in [3.8, 4) is 0 Å². The molecule has 0 unspecified atom stereocenters. The van der Waals surface area contributed by atoms with Crippen molar-refractivity contribution in [3.05, 3.63) is 0 Å². The van der Waals surface area contributed by atoms with Crippen molar-refractivity contribution in [2.24, 2.45) is 0 Å². The number of aliphatic hydroxyl groups excluding tert-OH is 1. The summed E-state index contributed by atoms with van der Waals surface area (Å²) in [6.45, 7) is 0. The van der Waals surface area contributed by atoms with Crippen molar-refractivity contribution in [2.75, 3.05) is 0 Å². The number of carboxylic acids is 1. The third kappa shape index (κ3) is 11.7. The van der Waals surface area contributed by atoms with Crippen LogP contribution in [0.25, 0.3) is 0 Å². The second-order valence-electron chi connectivity index (χ2n) is 1.41. The van der Waals surface area contributed by atoms with Gasteiger partial charge in [0.15, 0.2) is 6.29 Å². The van der Waals surface area contributed by atoms with E-state index >= 15 is 0 Å². The molecule has 56 valence electrons. The third-order valence-corrected chi connectivity index (χ3v) is 0.616. The zero-order valence-electron chi connectivity index (χ0n) is 4.95. The van der Waals surface area contributed by atoms with E-state index in [1.54, 1.807) is 0 Å². The van der Waals surface area contributed by atoms with E-state index in [-0.39, 0.29) is 39.0 Å². The van der Waals surface area contributed by atoms with E-state index in [1.165, 1.54) is 0 Å². The molecular weight excluding hydrogens is 321 g/mol. The standard InChI is InChI=1S/C4H8O4.Bi.3H/c5-3(6)1-2-4(7)8;;;;/h3,5-6H,1-2H2,(H,7,8);;;;. The van der Waals surface area contributed by atoms with Crippen molar-refractivity contribution in [3.63, 3.8) is 0 Å². The number of hydrogen-bond acceptors (Lipinski definition) is 3. The summed E-state index contributed by atoms with van der Waals surface area (Å²) in [5.74, 6) is -1.02. The van der Waals surface area contributed by atoms with Crippen LogP contribution < -0.4 is 0 Å². The Morgan fingerprint density at radius 1 is 1.44 bits per heavy atom. The zero-order chi connectivity index (χ0) is 6.57. The first kappa shape index (κ1) is 12.0. The minimum absolute atomic E-state index is 0. The number of carbonyl (C=O) groups is 1. The minimum atomic E-state index is -1.49. The van der Waals surface area contributed by atoms with E-state index in [2.05, 4.69) is 0 Å². The average molecular weight is 332 g/mol.